The number of likely N-dealkylation sites (tertiary alicyclic amines) is 1. The minimum atomic E-state index is -0.274. The molecule has 27 heavy (non-hydrogen) atoms. The standard InChI is InChI=1S/C21H25N3O3/c1-26-15-5-6-17-14(13-15)7-12-27-21(17)8-10-24(11-9-21)20(25)19-16-3-2-4-18(16)22-23-19/h5-6,13H,2-4,7-12H2,1H3,(H,22,23). The molecule has 2 aromatic rings. The van der Waals surface area contributed by atoms with Crippen LogP contribution in [0, 0.1) is 0 Å². The zero-order chi connectivity index (χ0) is 18.4. The van der Waals surface area contributed by atoms with Crippen molar-refractivity contribution >= 4 is 5.91 Å². The van der Waals surface area contributed by atoms with Crippen molar-refractivity contribution in [3.05, 3.63) is 46.3 Å². The van der Waals surface area contributed by atoms with Crippen LogP contribution in [0.25, 0.3) is 0 Å². The minimum Gasteiger partial charge on any atom is -0.497 e. The predicted molar refractivity (Wildman–Crippen MR) is 100 cm³/mol. The molecular formula is C21H25N3O3. The lowest BCUT2D eigenvalue weighted by molar-refractivity contribution is -0.0935. The molecule has 5 rings (SSSR count). The monoisotopic (exact) mass is 367 g/mol. The molecule has 1 amide bonds. The number of nitrogens with zero attached hydrogens (tertiary/aromatic N) is 2. The second-order valence-electron chi connectivity index (χ2n) is 7.79. The molecule has 0 atom stereocenters. The number of hydrogen-bond acceptors (Lipinski definition) is 4. The van der Waals surface area contributed by atoms with Gasteiger partial charge in [-0.2, -0.15) is 5.10 Å². The summed E-state index contributed by atoms with van der Waals surface area (Å²) in [4.78, 5) is 15.0. The summed E-state index contributed by atoms with van der Waals surface area (Å²) in [6.07, 6.45) is 5.64. The van der Waals surface area contributed by atoms with Gasteiger partial charge in [-0.25, -0.2) is 0 Å². The van der Waals surface area contributed by atoms with Crippen LogP contribution in [-0.2, 0) is 29.6 Å². The molecule has 1 aliphatic carbocycles. The fourth-order valence-electron chi connectivity index (χ4n) is 4.91. The van der Waals surface area contributed by atoms with Crippen molar-refractivity contribution in [2.24, 2.45) is 0 Å². The summed E-state index contributed by atoms with van der Waals surface area (Å²) in [5.74, 6) is 0.959. The molecule has 1 fully saturated rings. The van der Waals surface area contributed by atoms with Crippen LogP contribution in [0.4, 0.5) is 0 Å². The number of piperidine rings is 1. The Labute approximate surface area is 158 Å². The summed E-state index contributed by atoms with van der Waals surface area (Å²) in [5, 5.41) is 7.36. The number of methoxy groups -OCH3 is 1. The van der Waals surface area contributed by atoms with Crippen LogP contribution in [0.15, 0.2) is 18.2 Å². The van der Waals surface area contributed by atoms with Gasteiger partial charge in [0, 0.05) is 24.3 Å². The molecule has 0 bridgehead atoms. The summed E-state index contributed by atoms with van der Waals surface area (Å²) < 4.78 is 11.7. The third-order valence-electron chi connectivity index (χ3n) is 6.42. The second kappa shape index (κ2) is 6.37. The summed E-state index contributed by atoms with van der Waals surface area (Å²) >= 11 is 0. The number of amides is 1. The average molecular weight is 367 g/mol. The summed E-state index contributed by atoms with van der Waals surface area (Å²) in [7, 11) is 1.70. The normalized spacial score (nSPS) is 20.4. The number of fused-ring (bicyclic) bond motifs is 3. The third kappa shape index (κ3) is 2.65. The van der Waals surface area contributed by atoms with Crippen molar-refractivity contribution in [3.8, 4) is 5.75 Å². The Bertz CT molecular complexity index is 881. The van der Waals surface area contributed by atoms with Crippen molar-refractivity contribution in [3.63, 3.8) is 0 Å². The molecule has 1 saturated heterocycles. The maximum atomic E-state index is 13.0. The Kier molecular flexibility index (Phi) is 3.97. The van der Waals surface area contributed by atoms with E-state index in [2.05, 4.69) is 22.3 Å². The Hall–Kier alpha value is -2.34. The smallest absolute Gasteiger partial charge is 0.274 e. The number of carbonyl (C=O) groups is 1. The quantitative estimate of drug-likeness (QED) is 0.886. The highest BCUT2D eigenvalue weighted by Crippen LogP contribution is 2.42. The summed E-state index contributed by atoms with van der Waals surface area (Å²) in [5.41, 5.74) is 5.21. The first-order valence-corrected chi connectivity index (χ1v) is 9.87. The molecule has 1 aromatic carbocycles. The Morgan fingerprint density at radius 1 is 1.26 bits per heavy atom. The molecule has 1 aromatic heterocycles. The highest BCUT2D eigenvalue weighted by Gasteiger charge is 2.42. The highest BCUT2D eigenvalue weighted by atomic mass is 16.5. The SMILES string of the molecule is COc1ccc2c(c1)CCOC21CCN(C(=O)c2n[nH]c3c2CCC3)CC1. The summed E-state index contributed by atoms with van der Waals surface area (Å²) in [6.45, 7) is 2.12. The van der Waals surface area contributed by atoms with E-state index in [1.165, 1.54) is 11.1 Å². The molecule has 1 N–H and O–H groups in total. The number of H-pyrrole nitrogens is 1. The van der Waals surface area contributed by atoms with Crippen molar-refractivity contribution in [2.75, 3.05) is 26.8 Å². The minimum absolute atomic E-state index is 0.0648. The van der Waals surface area contributed by atoms with Crippen LogP contribution >= 0.6 is 0 Å². The first kappa shape index (κ1) is 16.8. The fourth-order valence-corrected chi connectivity index (χ4v) is 4.91. The van der Waals surface area contributed by atoms with Gasteiger partial charge in [-0.3, -0.25) is 9.89 Å². The van der Waals surface area contributed by atoms with Gasteiger partial charge in [-0.15, -0.1) is 0 Å². The van der Waals surface area contributed by atoms with Gasteiger partial charge in [-0.1, -0.05) is 6.07 Å². The van der Waals surface area contributed by atoms with E-state index >= 15 is 0 Å². The maximum Gasteiger partial charge on any atom is 0.274 e. The van der Waals surface area contributed by atoms with Gasteiger partial charge in [0.2, 0.25) is 0 Å². The van der Waals surface area contributed by atoms with E-state index < -0.39 is 0 Å². The predicted octanol–water partition coefficient (Wildman–Crippen LogP) is 2.61. The lowest BCUT2D eigenvalue weighted by atomic mass is 9.79. The molecule has 3 heterocycles. The van der Waals surface area contributed by atoms with Crippen LogP contribution in [0.5, 0.6) is 5.75 Å². The molecule has 0 radical (unpaired) electrons. The largest absolute Gasteiger partial charge is 0.497 e. The van der Waals surface area contributed by atoms with Crippen molar-refractivity contribution < 1.29 is 14.3 Å². The van der Waals surface area contributed by atoms with Gasteiger partial charge in [0.25, 0.3) is 5.91 Å². The zero-order valence-electron chi connectivity index (χ0n) is 15.7. The molecule has 142 valence electrons. The Morgan fingerprint density at radius 2 is 2.11 bits per heavy atom. The van der Waals surface area contributed by atoms with Crippen molar-refractivity contribution in [1.82, 2.24) is 15.1 Å². The number of ether oxygens (including phenoxy) is 2. The number of nitrogens with one attached hydrogen (secondary N) is 1. The van der Waals surface area contributed by atoms with E-state index in [1.807, 2.05) is 11.0 Å². The van der Waals surface area contributed by atoms with Gasteiger partial charge >= 0.3 is 0 Å². The number of aryl methyl sites for hydroxylation is 1. The van der Waals surface area contributed by atoms with E-state index in [1.54, 1.807) is 7.11 Å². The van der Waals surface area contributed by atoms with E-state index in [-0.39, 0.29) is 11.5 Å². The lowest BCUT2D eigenvalue weighted by Gasteiger charge is -2.45. The molecule has 0 saturated carbocycles. The van der Waals surface area contributed by atoms with Crippen LogP contribution < -0.4 is 4.74 Å². The molecule has 6 nitrogen and oxygen atoms in total. The number of benzene rings is 1. The van der Waals surface area contributed by atoms with Gasteiger partial charge in [0.1, 0.15) is 5.75 Å². The van der Waals surface area contributed by atoms with E-state index in [0.29, 0.717) is 18.8 Å². The number of hydrogen-bond donors (Lipinski definition) is 1. The molecule has 1 spiro atoms. The second-order valence-corrected chi connectivity index (χ2v) is 7.79. The molecule has 2 aliphatic heterocycles. The molecule has 6 heteroatoms. The fraction of sp³-hybridized carbons (Fsp3) is 0.524. The van der Waals surface area contributed by atoms with Gasteiger partial charge < -0.3 is 14.4 Å². The topological polar surface area (TPSA) is 67.5 Å². The number of carbonyl (C=O) groups excluding carboxylic acids is 1. The van der Waals surface area contributed by atoms with Crippen LogP contribution in [0.3, 0.4) is 0 Å². The summed E-state index contributed by atoms with van der Waals surface area (Å²) in [6, 6.07) is 6.29. The molecule has 3 aliphatic rings. The first-order valence-electron chi connectivity index (χ1n) is 9.87. The van der Waals surface area contributed by atoms with Crippen LogP contribution in [0.2, 0.25) is 0 Å². The lowest BCUT2D eigenvalue weighted by Crippen LogP contribution is -2.48. The highest BCUT2D eigenvalue weighted by molar-refractivity contribution is 5.94. The van der Waals surface area contributed by atoms with Crippen LogP contribution in [-0.4, -0.2) is 47.8 Å². The first-order chi connectivity index (χ1) is 13.2. The van der Waals surface area contributed by atoms with E-state index in [0.717, 1.165) is 62.1 Å². The molecule has 0 unspecified atom stereocenters. The molecular weight excluding hydrogens is 342 g/mol. The zero-order valence-corrected chi connectivity index (χ0v) is 15.7. The van der Waals surface area contributed by atoms with E-state index in [4.69, 9.17) is 9.47 Å². The Balaban J connectivity index is 1.35. The van der Waals surface area contributed by atoms with Gasteiger partial charge in [0.05, 0.1) is 19.3 Å². The van der Waals surface area contributed by atoms with Crippen molar-refractivity contribution in [2.45, 2.75) is 44.1 Å². The average Bonchev–Trinajstić information content (AvgIpc) is 3.32. The Morgan fingerprint density at radius 3 is 2.93 bits per heavy atom. The number of aromatic amines is 1. The van der Waals surface area contributed by atoms with Gasteiger partial charge in [0.15, 0.2) is 5.69 Å². The number of aromatic nitrogens is 2. The third-order valence-corrected chi connectivity index (χ3v) is 6.42. The maximum absolute atomic E-state index is 13.0. The van der Waals surface area contributed by atoms with Gasteiger partial charge in [-0.05, 0) is 61.8 Å². The number of rotatable bonds is 2. The van der Waals surface area contributed by atoms with Crippen molar-refractivity contribution in [1.29, 1.82) is 0 Å². The van der Waals surface area contributed by atoms with E-state index in [9.17, 15) is 4.79 Å². The van der Waals surface area contributed by atoms with Crippen LogP contribution in [0.1, 0.15) is 52.1 Å².